The molecule has 0 aliphatic carbocycles. The highest BCUT2D eigenvalue weighted by atomic mass is 16.6. The van der Waals surface area contributed by atoms with Crippen molar-refractivity contribution in [2.75, 3.05) is 6.54 Å². The first-order valence-electron chi connectivity index (χ1n) is 5.27. The van der Waals surface area contributed by atoms with Gasteiger partial charge in [-0.1, -0.05) is 20.8 Å². The highest BCUT2D eigenvalue weighted by molar-refractivity contribution is 5.56. The van der Waals surface area contributed by atoms with E-state index in [-0.39, 0.29) is 18.6 Å². The van der Waals surface area contributed by atoms with Gasteiger partial charge in [0.15, 0.2) is 0 Å². The van der Waals surface area contributed by atoms with Crippen LogP contribution < -0.4 is 0 Å². The molecule has 2 atom stereocenters. The van der Waals surface area contributed by atoms with Crippen LogP contribution in [0.15, 0.2) is 0 Å². The molecule has 0 saturated carbocycles. The van der Waals surface area contributed by atoms with Crippen molar-refractivity contribution in [1.82, 2.24) is 0 Å². The highest BCUT2D eigenvalue weighted by Crippen LogP contribution is 2.12. The lowest BCUT2D eigenvalue weighted by Crippen LogP contribution is -2.32. The molecule has 0 aliphatic heterocycles. The number of nitro groups is 1. The Morgan fingerprint density at radius 1 is 1.40 bits per heavy atom. The number of hydrogen-bond acceptors (Lipinski definition) is 4. The van der Waals surface area contributed by atoms with Crippen molar-refractivity contribution in [2.24, 2.45) is 5.92 Å². The zero-order chi connectivity index (χ0) is 11.8. The third-order valence-electron chi connectivity index (χ3n) is 2.39. The van der Waals surface area contributed by atoms with Crippen LogP contribution in [0.3, 0.4) is 0 Å². The largest absolute Gasteiger partial charge is 0.367 e. The maximum absolute atomic E-state index is 10.7. The van der Waals surface area contributed by atoms with Crippen molar-refractivity contribution in [1.29, 1.82) is 0 Å². The lowest BCUT2D eigenvalue weighted by Gasteiger charge is -2.21. The summed E-state index contributed by atoms with van der Waals surface area (Å²) in [7, 11) is 0. The van der Waals surface area contributed by atoms with Gasteiger partial charge >= 0.3 is 0 Å². The molecule has 0 heterocycles. The molecule has 0 aromatic carbocycles. The first kappa shape index (κ1) is 14.0. The molecule has 0 unspecified atom stereocenters. The van der Waals surface area contributed by atoms with Gasteiger partial charge in [0.05, 0.1) is 12.0 Å². The Labute approximate surface area is 90.0 Å². The van der Waals surface area contributed by atoms with E-state index >= 15 is 0 Å². The Hall–Kier alpha value is -0.970. The third kappa shape index (κ3) is 5.47. The molecule has 5 heteroatoms. The average Bonchev–Trinajstić information content (AvgIpc) is 2.18. The molecule has 0 aromatic heterocycles. The van der Waals surface area contributed by atoms with E-state index in [0.29, 0.717) is 6.29 Å². The topological polar surface area (TPSA) is 69.4 Å². The van der Waals surface area contributed by atoms with E-state index in [0.717, 1.165) is 12.8 Å². The summed E-state index contributed by atoms with van der Waals surface area (Å²) in [6, 6.07) is 0. The molecular formula is C10H19NO4. The molecule has 0 saturated heterocycles. The first-order valence-corrected chi connectivity index (χ1v) is 5.27. The summed E-state index contributed by atoms with van der Waals surface area (Å²) in [6.45, 7) is 5.36. The Kier molecular flexibility index (Phi) is 6.86. The van der Waals surface area contributed by atoms with E-state index in [1.165, 1.54) is 0 Å². The molecular weight excluding hydrogens is 198 g/mol. The fraction of sp³-hybridized carbons (Fsp3) is 0.900. The summed E-state index contributed by atoms with van der Waals surface area (Å²) in [6.07, 6.45) is 1.62. The van der Waals surface area contributed by atoms with Crippen molar-refractivity contribution >= 4 is 6.29 Å². The molecule has 0 aliphatic rings. The number of carbonyl (C=O) groups excluding carboxylic acids is 1. The molecule has 0 N–H and O–H groups in total. The fourth-order valence-electron chi connectivity index (χ4n) is 1.34. The SMILES string of the molecule is CCC(CC)O[C@H](C=O)[C@H](C)C[N+](=O)[O-]. The second-order valence-electron chi connectivity index (χ2n) is 3.67. The Morgan fingerprint density at radius 3 is 2.27 bits per heavy atom. The zero-order valence-corrected chi connectivity index (χ0v) is 9.51. The number of ether oxygens (including phenoxy) is 1. The first-order chi connectivity index (χ1) is 7.04. The second kappa shape index (κ2) is 7.34. The van der Waals surface area contributed by atoms with Crippen molar-refractivity contribution in [3.63, 3.8) is 0 Å². The zero-order valence-electron chi connectivity index (χ0n) is 9.51. The minimum absolute atomic E-state index is 0.00871. The van der Waals surface area contributed by atoms with Crippen LogP contribution in [0, 0.1) is 16.0 Å². The van der Waals surface area contributed by atoms with E-state index in [2.05, 4.69) is 0 Å². The van der Waals surface area contributed by atoms with E-state index in [1.807, 2.05) is 13.8 Å². The quantitative estimate of drug-likeness (QED) is 0.352. The van der Waals surface area contributed by atoms with Gasteiger partial charge < -0.3 is 9.53 Å². The molecule has 0 fully saturated rings. The normalized spacial score (nSPS) is 14.9. The standard InChI is InChI=1S/C10H19NO4/c1-4-9(5-2)15-10(7-12)8(3)6-11(13)14/h7-10H,4-6H2,1-3H3/t8-,10-/m1/s1. The Balaban J connectivity index is 4.21. The van der Waals surface area contributed by atoms with Gasteiger partial charge in [-0.15, -0.1) is 0 Å². The summed E-state index contributed by atoms with van der Waals surface area (Å²) in [5.74, 6) is -0.377. The van der Waals surface area contributed by atoms with Crippen LogP contribution in [-0.4, -0.2) is 30.0 Å². The van der Waals surface area contributed by atoms with Gasteiger partial charge in [0.2, 0.25) is 6.54 Å². The molecule has 5 nitrogen and oxygen atoms in total. The average molecular weight is 217 g/mol. The van der Waals surface area contributed by atoms with Gasteiger partial charge in [-0.25, -0.2) is 0 Å². The number of nitrogens with zero attached hydrogens (tertiary/aromatic N) is 1. The van der Waals surface area contributed by atoms with Gasteiger partial charge in [0, 0.05) is 4.92 Å². The summed E-state index contributed by atoms with van der Waals surface area (Å²) >= 11 is 0. The van der Waals surface area contributed by atoms with E-state index in [4.69, 9.17) is 4.74 Å². The second-order valence-corrected chi connectivity index (χ2v) is 3.67. The van der Waals surface area contributed by atoms with E-state index in [1.54, 1.807) is 6.92 Å². The van der Waals surface area contributed by atoms with Crippen LogP contribution in [-0.2, 0) is 9.53 Å². The van der Waals surface area contributed by atoms with Crippen LogP contribution in [0.4, 0.5) is 0 Å². The minimum Gasteiger partial charge on any atom is -0.367 e. The Bertz CT molecular complexity index is 204. The number of carbonyl (C=O) groups is 1. The van der Waals surface area contributed by atoms with Gasteiger partial charge in [0.1, 0.15) is 12.4 Å². The van der Waals surface area contributed by atoms with Crippen LogP contribution in [0.5, 0.6) is 0 Å². The predicted octanol–water partition coefficient (Wildman–Crippen LogP) is 1.67. The predicted molar refractivity (Wildman–Crippen MR) is 56.3 cm³/mol. The van der Waals surface area contributed by atoms with Crippen LogP contribution >= 0.6 is 0 Å². The monoisotopic (exact) mass is 217 g/mol. The van der Waals surface area contributed by atoms with Crippen molar-refractivity contribution in [3.05, 3.63) is 10.1 Å². The molecule has 0 aromatic rings. The molecule has 88 valence electrons. The van der Waals surface area contributed by atoms with Gasteiger partial charge in [0.25, 0.3) is 0 Å². The summed E-state index contributed by atoms with van der Waals surface area (Å²) < 4.78 is 5.49. The van der Waals surface area contributed by atoms with Crippen molar-refractivity contribution in [2.45, 2.75) is 45.8 Å². The van der Waals surface area contributed by atoms with E-state index < -0.39 is 11.0 Å². The third-order valence-corrected chi connectivity index (χ3v) is 2.39. The summed E-state index contributed by atoms with van der Waals surface area (Å²) in [5, 5.41) is 10.3. The van der Waals surface area contributed by atoms with Crippen LogP contribution in [0.1, 0.15) is 33.6 Å². The van der Waals surface area contributed by atoms with Crippen LogP contribution in [0.2, 0.25) is 0 Å². The smallest absolute Gasteiger partial charge is 0.209 e. The van der Waals surface area contributed by atoms with Crippen molar-refractivity contribution < 1.29 is 14.5 Å². The summed E-state index contributed by atoms with van der Waals surface area (Å²) in [4.78, 5) is 20.6. The molecule has 0 spiro atoms. The fourth-order valence-corrected chi connectivity index (χ4v) is 1.34. The molecule has 0 rings (SSSR count). The highest BCUT2D eigenvalue weighted by Gasteiger charge is 2.24. The number of hydrogen-bond donors (Lipinski definition) is 0. The number of rotatable bonds is 8. The van der Waals surface area contributed by atoms with Gasteiger partial charge in [-0.2, -0.15) is 0 Å². The Morgan fingerprint density at radius 2 is 1.93 bits per heavy atom. The lowest BCUT2D eigenvalue weighted by atomic mass is 10.1. The van der Waals surface area contributed by atoms with Gasteiger partial charge in [-0.3, -0.25) is 10.1 Å². The lowest BCUT2D eigenvalue weighted by molar-refractivity contribution is -0.489. The van der Waals surface area contributed by atoms with E-state index in [9.17, 15) is 14.9 Å². The molecule has 15 heavy (non-hydrogen) atoms. The van der Waals surface area contributed by atoms with Crippen LogP contribution in [0.25, 0.3) is 0 Å². The van der Waals surface area contributed by atoms with Gasteiger partial charge in [-0.05, 0) is 12.8 Å². The minimum atomic E-state index is -0.666. The maximum atomic E-state index is 10.7. The number of aldehydes is 1. The molecule has 0 radical (unpaired) electrons. The van der Waals surface area contributed by atoms with Crippen molar-refractivity contribution in [3.8, 4) is 0 Å². The summed E-state index contributed by atoms with van der Waals surface area (Å²) in [5.41, 5.74) is 0. The molecule has 0 amide bonds. The maximum Gasteiger partial charge on any atom is 0.209 e. The molecule has 0 bridgehead atoms.